The number of carbonyl (C=O) groups is 2. The van der Waals surface area contributed by atoms with E-state index in [0.717, 1.165) is 0 Å². The van der Waals surface area contributed by atoms with Crippen molar-refractivity contribution in [3.8, 4) is 0 Å². The summed E-state index contributed by atoms with van der Waals surface area (Å²) in [6.45, 7) is 3.47. The van der Waals surface area contributed by atoms with Crippen LogP contribution >= 0.6 is 11.6 Å². The van der Waals surface area contributed by atoms with Gasteiger partial charge in [-0.3, -0.25) is 9.59 Å². The Morgan fingerprint density at radius 3 is 2.33 bits per heavy atom. The van der Waals surface area contributed by atoms with Gasteiger partial charge in [-0.05, 0) is 37.5 Å². The summed E-state index contributed by atoms with van der Waals surface area (Å²) < 4.78 is 4.84. The molecule has 2 N–H and O–H groups in total. The molecule has 6 heteroatoms. The number of aliphatic hydroxyl groups is 2. The zero-order valence-electron chi connectivity index (χ0n) is 14.1. The molecule has 0 aliphatic carbocycles. The first-order valence-corrected chi connectivity index (χ1v) is 8.53. The number of carbonyl (C=O) groups excluding carboxylic acids is 2. The minimum Gasteiger partial charge on any atom is -0.466 e. The number of hydrogen-bond donors (Lipinski definition) is 2. The summed E-state index contributed by atoms with van der Waals surface area (Å²) in [7, 11) is 0. The maximum atomic E-state index is 12.6. The Labute approximate surface area is 147 Å². The summed E-state index contributed by atoms with van der Waals surface area (Å²) in [5.41, 5.74) is 0.704. The van der Waals surface area contributed by atoms with E-state index in [9.17, 15) is 19.8 Å². The Morgan fingerprint density at radius 1 is 1.21 bits per heavy atom. The molecular formula is C18H25ClO5. The number of benzene rings is 1. The average molecular weight is 357 g/mol. The van der Waals surface area contributed by atoms with Gasteiger partial charge in [0.05, 0.1) is 12.7 Å². The quantitative estimate of drug-likeness (QED) is 0.497. The van der Waals surface area contributed by atoms with Crippen molar-refractivity contribution in [2.75, 3.05) is 13.2 Å². The molecule has 3 atom stereocenters. The molecule has 0 bridgehead atoms. The third kappa shape index (κ3) is 6.23. The van der Waals surface area contributed by atoms with Crippen LogP contribution in [0.4, 0.5) is 0 Å². The van der Waals surface area contributed by atoms with Gasteiger partial charge in [0.15, 0.2) is 5.78 Å². The van der Waals surface area contributed by atoms with Gasteiger partial charge in [-0.2, -0.15) is 0 Å². The Hall–Kier alpha value is -1.43. The van der Waals surface area contributed by atoms with Crippen molar-refractivity contribution in [3.05, 3.63) is 34.9 Å². The summed E-state index contributed by atoms with van der Waals surface area (Å²) in [5, 5.41) is 20.1. The van der Waals surface area contributed by atoms with Gasteiger partial charge in [-0.15, -0.1) is 0 Å². The molecule has 134 valence electrons. The zero-order chi connectivity index (χ0) is 18.1. The van der Waals surface area contributed by atoms with Gasteiger partial charge in [0, 0.05) is 23.5 Å². The van der Waals surface area contributed by atoms with E-state index in [1.54, 1.807) is 31.2 Å². The van der Waals surface area contributed by atoms with Crippen LogP contribution < -0.4 is 0 Å². The average Bonchev–Trinajstić information content (AvgIpc) is 2.56. The minimum absolute atomic E-state index is 0.214. The van der Waals surface area contributed by atoms with Gasteiger partial charge in [-0.1, -0.05) is 30.7 Å². The summed E-state index contributed by atoms with van der Waals surface area (Å²) in [5.74, 6) is -1.91. The second-order valence-corrected chi connectivity index (χ2v) is 6.14. The van der Waals surface area contributed by atoms with Crippen LogP contribution in [0.25, 0.3) is 0 Å². The van der Waals surface area contributed by atoms with Gasteiger partial charge >= 0.3 is 5.97 Å². The number of aliphatic hydroxyl groups excluding tert-OH is 2. The molecule has 0 aromatic heterocycles. The van der Waals surface area contributed by atoms with E-state index < -0.39 is 23.9 Å². The molecule has 0 saturated carbocycles. The highest BCUT2D eigenvalue weighted by atomic mass is 35.5. The first kappa shape index (κ1) is 20.6. The Morgan fingerprint density at radius 2 is 1.83 bits per heavy atom. The summed E-state index contributed by atoms with van der Waals surface area (Å²) in [6, 6.07) is 6.79. The molecule has 5 nitrogen and oxygen atoms in total. The second kappa shape index (κ2) is 10.4. The zero-order valence-corrected chi connectivity index (χ0v) is 14.8. The van der Waals surface area contributed by atoms with Gasteiger partial charge in [0.25, 0.3) is 0 Å². The maximum absolute atomic E-state index is 12.6. The smallest absolute Gasteiger partial charge is 0.313 e. The molecule has 1 aromatic rings. The van der Waals surface area contributed by atoms with Gasteiger partial charge in [0.1, 0.15) is 6.42 Å². The Balaban J connectivity index is 3.00. The van der Waals surface area contributed by atoms with Crippen molar-refractivity contribution in [1.82, 2.24) is 0 Å². The van der Waals surface area contributed by atoms with Gasteiger partial charge in [-0.25, -0.2) is 0 Å². The SMILES string of the molecule is CCOC(=O)CC(=O)C(CC(CO)C(O)CC)c1ccc(Cl)cc1. The lowest BCUT2D eigenvalue weighted by molar-refractivity contribution is -0.145. The molecule has 1 aromatic carbocycles. The standard InChI is InChI=1S/C18H25ClO5/c1-3-16(21)13(11-20)9-15(12-5-7-14(19)8-6-12)17(22)10-18(23)24-4-2/h5-8,13,15-16,20-21H,3-4,9-11H2,1-2H3. The Kier molecular flexibility index (Phi) is 8.97. The molecule has 0 amide bonds. The van der Waals surface area contributed by atoms with E-state index in [1.165, 1.54) is 0 Å². The number of esters is 1. The predicted octanol–water partition coefficient (Wildman–Crippen LogP) is 2.72. The Bertz CT molecular complexity index is 529. The molecule has 0 aliphatic rings. The van der Waals surface area contributed by atoms with Crippen LogP contribution in [0.5, 0.6) is 0 Å². The van der Waals surface area contributed by atoms with E-state index in [4.69, 9.17) is 16.3 Å². The molecule has 0 fully saturated rings. The molecule has 0 aliphatic heterocycles. The van der Waals surface area contributed by atoms with E-state index >= 15 is 0 Å². The highest BCUT2D eigenvalue weighted by Crippen LogP contribution is 2.29. The molecule has 0 saturated heterocycles. The third-order valence-corrected chi connectivity index (χ3v) is 4.27. The van der Waals surface area contributed by atoms with Crippen LogP contribution in [0, 0.1) is 5.92 Å². The second-order valence-electron chi connectivity index (χ2n) is 5.71. The largest absolute Gasteiger partial charge is 0.466 e. The first-order chi connectivity index (χ1) is 11.4. The monoisotopic (exact) mass is 356 g/mol. The highest BCUT2D eigenvalue weighted by Gasteiger charge is 2.29. The van der Waals surface area contributed by atoms with Crippen molar-refractivity contribution in [2.45, 2.75) is 45.1 Å². The fourth-order valence-electron chi connectivity index (χ4n) is 2.62. The van der Waals surface area contributed by atoms with E-state index in [1.807, 2.05) is 6.92 Å². The topological polar surface area (TPSA) is 83.8 Å². The summed E-state index contributed by atoms with van der Waals surface area (Å²) >= 11 is 5.89. The molecule has 0 heterocycles. The van der Waals surface area contributed by atoms with Crippen LogP contribution in [0.3, 0.4) is 0 Å². The van der Waals surface area contributed by atoms with E-state index in [0.29, 0.717) is 17.0 Å². The van der Waals surface area contributed by atoms with E-state index in [-0.39, 0.29) is 31.8 Å². The molecule has 1 rings (SSSR count). The number of rotatable bonds is 10. The maximum Gasteiger partial charge on any atom is 0.313 e. The van der Waals surface area contributed by atoms with Crippen LogP contribution in [0.1, 0.15) is 44.6 Å². The molecule has 3 unspecified atom stereocenters. The normalized spacial score (nSPS) is 14.7. The van der Waals surface area contributed by atoms with Crippen molar-refractivity contribution in [2.24, 2.45) is 5.92 Å². The van der Waals surface area contributed by atoms with Crippen LogP contribution in [0.15, 0.2) is 24.3 Å². The number of halogens is 1. The fraction of sp³-hybridized carbons (Fsp3) is 0.556. The molecular weight excluding hydrogens is 332 g/mol. The van der Waals surface area contributed by atoms with Crippen molar-refractivity contribution in [3.63, 3.8) is 0 Å². The number of ketones is 1. The number of Topliss-reactive ketones (excluding diaryl/α,β-unsaturated/α-hetero) is 1. The molecule has 24 heavy (non-hydrogen) atoms. The summed E-state index contributed by atoms with van der Waals surface area (Å²) in [6.07, 6.45) is -0.308. The van der Waals surface area contributed by atoms with Crippen LogP contribution in [0.2, 0.25) is 5.02 Å². The fourth-order valence-corrected chi connectivity index (χ4v) is 2.74. The third-order valence-electron chi connectivity index (χ3n) is 4.02. The van der Waals surface area contributed by atoms with Gasteiger partial charge in [0.2, 0.25) is 0 Å². The molecule has 0 radical (unpaired) electrons. The first-order valence-electron chi connectivity index (χ1n) is 8.15. The lowest BCUT2D eigenvalue weighted by Crippen LogP contribution is -2.28. The number of ether oxygens (including phenoxy) is 1. The number of hydrogen-bond acceptors (Lipinski definition) is 5. The minimum atomic E-state index is -0.708. The van der Waals surface area contributed by atoms with Crippen molar-refractivity contribution >= 4 is 23.4 Å². The summed E-state index contributed by atoms with van der Waals surface area (Å²) in [4.78, 5) is 24.2. The van der Waals surface area contributed by atoms with Gasteiger partial charge < -0.3 is 14.9 Å². The lowest BCUT2D eigenvalue weighted by atomic mass is 9.82. The van der Waals surface area contributed by atoms with Crippen LogP contribution in [-0.4, -0.2) is 41.3 Å². The predicted molar refractivity (Wildman–Crippen MR) is 91.9 cm³/mol. The lowest BCUT2D eigenvalue weighted by Gasteiger charge is -2.25. The van der Waals surface area contributed by atoms with Crippen molar-refractivity contribution in [1.29, 1.82) is 0 Å². The highest BCUT2D eigenvalue weighted by molar-refractivity contribution is 6.30. The van der Waals surface area contributed by atoms with Crippen LogP contribution in [-0.2, 0) is 14.3 Å². The van der Waals surface area contributed by atoms with E-state index in [2.05, 4.69) is 0 Å². The molecule has 0 spiro atoms. The van der Waals surface area contributed by atoms with Crippen molar-refractivity contribution < 1.29 is 24.5 Å².